The van der Waals surface area contributed by atoms with Crippen LogP contribution in [0.15, 0.2) is 67.0 Å². The molecule has 0 saturated heterocycles. The van der Waals surface area contributed by atoms with Crippen molar-refractivity contribution < 1.29 is 19.4 Å². The summed E-state index contributed by atoms with van der Waals surface area (Å²) in [7, 11) is 0. The lowest BCUT2D eigenvalue weighted by molar-refractivity contribution is 0.0772. The van der Waals surface area contributed by atoms with Gasteiger partial charge >= 0.3 is 0 Å². The number of hydrogen-bond acceptors (Lipinski definition) is 7. The number of nitrogens with one attached hydrogen (secondary N) is 1. The number of benzene rings is 3. The molecule has 0 radical (unpaired) electrons. The second-order valence-electron chi connectivity index (χ2n) is 11.2. The molecule has 0 aliphatic carbocycles. The molecule has 3 aromatic carbocycles. The summed E-state index contributed by atoms with van der Waals surface area (Å²) in [5, 5.41) is 22.4. The molecule has 240 valence electrons. The first kappa shape index (κ1) is 34.5. The summed E-state index contributed by atoms with van der Waals surface area (Å²) in [5.74, 6) is 1.06. The molecular formula is C37H41ClN4O4. The third-order valence-corrected chi connectivity index (χ3v) is 8.38. The molecule has 0 saturated carbocycles. The highest BCUT2D eigenvalue weighted by atomic mass is 35.5. The summed E-state index contributed by atoms with van der Waals surface area (Å²) in [6.07, 6.45) is 3.16. The zero-order valence-corrected chi connectivity index (χ0v) is 27.8. The topological polar surface area (TPSA) is 108 Å². The number of pyridine rings is 1. The number of aromatic nitrogens is 1. The van der Waals surface area contributed by atoms with Crippen LogP contribution in [-0.4, -0.2) is 46.6 Å². The number of hydrogen-bond donors (Lipinski definition) is 2. The Labute approximate surface area is 276 Å². The standard InChI is InChI=1S/C37H41ClN4O4/c1-6-42(7-2)37(44)33-13-9-12-32(26(33)5)31-11-8-10-29(25(31)4)23-46-36-16-35(30(15-34(36)38)20-41-24(3)21-43)45-22-28-14-27(17-39)18-40-19-28/h8-16,18-19,24,41,43H,6-7,20-23H2,1-5H3. The lowest BCUT2D eigenvalue weighted by Crippen LogP contribution is -2.31. The summed E-state index contributed by atoms with van der Waals surface area (Å²) >= 11 is 6.72. The molecule has 0 spiro atoms. The average molecular weight is 641 g/mol. The van der Waals surface area contributed by atoms with Crippen LogP contribution in [0.2, 0.25) is 5.02 Å². The monoisotopic (exact) mass is 640 g/mol. The van der Waals surface area contributed by atoms with Gasteiger partial charge in [0.05, 0.1) is 17.2 Å². The van der Waals surface area contributed by atoms with Crippen molar-refractivity contribution in [3.05, 3.63) is 111 Å². The van der Waals surface area contributed by atoms with Crippen LogP contribution in [0, 0.1) is 25.2 Å². The van der Waals surface area contributed by atoms with E-state index in [1.165, 1.54) is 6.20 Å². The minimum atomic E-state index is -0.117. The van der Waals surface area contributed by atoms with Gasteiger partial charge in [0.1, 0.15) is 30.8 Å². The highest BCUT2D eigenvalue weighted by molar-refractivity contribution is 6.32. The maximum atomic E-state index is 13.2. The van der Waals surface area contributed by atoms with Gasteiger partial charge in [0, 0.05) is 60.8 Å². The molecule has 1 unspecified atom stereocenters. The molecule has 0 bridgehead atoms. The number of nitrogens with zero attached hydrogens (tertiary/aromatic N) is 3. The zero-order valence-electron chi connectivity index (χ0n) is 27.1. The number of aliphatic hydroxyl groups is 1. The van der Waals surface area contributed by atoms with Gasteiger partial charge in [-0.1, -0.05) is 41.9 Å². The van der Waals surface area contributed by atoms with Crippen LogP contribution in [-0.2, 0) is 19.8 Å². The predicted molar refractivity (Wildman–Crippen MR) is 181 cm³/mol. The molecule has 9 heteroatoms. The van der Waals surface area contributed by atoms with Crippen LogP contribution in [0.25, 0.3) is 11.1 Å². The fourth-order valence-electron chi connectivity index (χ4n) is 5.22. The van der Waals surface area contributed by atoms with E-state index < -0.39 is 0 Å². The Morgan fingerprint density at radius 1 is 0.978 bits per heavy atom. The minimum Gasteiger partial charge on any atom is -0.488 e. The number of aliphatic hydroxyl groups excluding tert-OH is 1. The number of amides is 1. The van der Waals surface area contributed by atoms with Gasteiger partial charge in [-0.15, -0.1) is 0 Å². The lowest BCUT2D eigenvalue weighted by atomic mass is 9.91. The van der Waals surface area contributed by atoms with Gasteiger partial charge in [0.15, 0.2) is 0 Å². The van der Waals surface area contributed by atoms with E-state index in [1.54, 1.807) is 24.4 Å². The van der Waals surface area contributed by atoms with Gasteiger partial charge in [-0.05, 0) is 80.6 Å². The maximum absolute atomic E-state index is 13.2. The molecule has 0 aliphatic heterocycles. The molecule has 8 nitrogen and oxygen atoms in total. The van der Waals surface area contributed by atoms with Crippen molar-refractivity contribution in [3.63, 3.8) is 0 Å². The highest BCUT2D eigenvalue weighted by Crippen LogP contribution is 2.35. The Balaban J connectivity index is 1.60. The quantitative estimate of drug-likeness (QED) is 0.153. The molecule has 0 aliphatic rings. The van der Waals surface area contributed by atoms with Crippen LogP contribution in [0.4, 0.5) is 0 Å². The van der Waals surface area contributed by atoms with E-state index in [2.05, 4.69) is 29.4 Å². The Hall–Kier alpha value is -4.42. The fraction of sp³-hybridized carbons (Fsp3) is 0.324. The third kappa shape index (κ3) is 8.24. The molecule has 4 rings (SSSR count). The van der Waals surface area contributed by atoms with Crippen molar-refractivity contribution in [2.45, 2.75) is 60.4 Å². The van der Waals surface area contributed by atoms with Crippen molar-refractivity contribution >= 4 is 17.5 Å². The van der Waals surface area contributed by atoms with E-state index in [0.29, 0.717) is 47.3 Å². The summed E-state index contributed by atoms with van der Waals surface area (Å²) in [5.41, 5.74) is 7.74. The molecule has 46 heavy (non-hydrogen) atoms. The van der Waals surface area contributed by atoms with E-state index in [1.807, 2.05) is 62.9 Å². The first-order valence-corrected chi connectivity index (χ1v) is 15.8. The van der Waals surface area contributed by atoms with E-state index in [-0.39, 0.29) is 31.8 Å². The average Bonchev–Trinajstić information content (AvgIpc) is 3.07. The van der Waals surface area contributed by atoms with Crippen molar-refractivity contribution in [3.8, 4) is 28.7 Å². The largest absolute Gasteiger partial charge is 0.488 e. The number of carbonyl (C=O) groups is 1. The molecular weight excluding hydrogens is 600 g/mol. The second-order valence-corrected chi connectivity index (χ2v) is 11.6. The first-order chi connectivity index (χ1) is 22.2. The van der Waals surface area contributed by atoms with Crippen LogP contribution in [0.1, 0.15) is 64.5 Å². The van der Waals surface area contributed by atoms with Crippen LogP contribution < -0.4 is 14.8 Å². The van der Waals surface area contributed by atoms with Crippen LogP contribution >= 0.6 is 11.6 Å². The predicted octanol–water partition coefficient (Wildman–Crippen LogP) is 7.00. The highest BCUT2D eigenvalue weighted by Gasteiger charge is 2.19. The fourth-order valence-corrected chi connectivity index (χ4v) is 5.46. The van der Waals surface area contributed by atoms with Gasteiger partial charge in [-0.2, -0.15) is 5.26 Å². The Kier molecular flexibility index (Phi) is 12.2. The number of carbonyl (C=O) groups excluding carboxylic acids is 1. The summed E-state index contributed by atoms with van der Waals surface area (Å²) in [4.78, 5) is 19.2. The summed E-state index contributed by atoms with van der Waals surface area (Å²) in [6.45, 7) is 12.1. The van der Waals surface area contributed by atoms with Crippen molar-refractivity contribution in [1.82, 2.24) is 15.2 Å². The molecule has 1 heterocycles. The molecule has 1 aromatic heterocycles. The van der Waals surface area contributed by atoms with Crippen LogP contribution in [0.3, 0.4) is 0 Å². The number of halogens is 1. The number of ether oxygens (including phenoxy) is 2. The van der Waals surface area contributed by atoms with Crippen molar-refractivity contribution in [1.29, 1.82) is 5.26 Å². The van der Waals surface area contributed by atoms with E-state index in [0.717, 1.165) is 38.9 Å². The lowest BCUT2D eigenvalue weighted by Gasteiger charge is -2.21. The van der Waals surface area contributed by atoms with E-state index in [9.17, 15) is 15.2 Å². The SMILES string of the molecule is CCN(CC)C(=O)c1cccc(-c2cccc(COc3cc(OCc4cncc(C#N)c4)c(CNC(C)CO)cc3Cl)c2C)c1C. The second kappa shape index (κ2) is 16.2. The Bertz CT molecular complexity index is 1710. The smallest absolute Gasteiger partial charge is 0.254 e. The van der Waals surface area contributed by atoms with Crippen molar-refractivity contribution in [2.75, 3.05) is 19.7 Å². The van der Waals surface area contributed by atoms with E-state index in [4.69, 9.17) is 21.1 Å². The van der Waals surface area contributed by atoms with Gasteiger partial charge in [-0.25, -0.2) is 0 Å². The molecule has 0 fully saturated rings. The van der Waals surface area contributed by atoms with Gasteiger partial charge in [-0.3, -0.25) is 9.78 Å². The molecule has 4 aromatic rings. The molecule has 1 amide bonds. The molecule has 1 atom stereocenters. The molecule has 2 N–H and O–H groups in total. The number of nitriles is 1. The van der Waals surface area contributed by atoms with Crippen molar-refractivity contribution in [2.24, 2.45) is 0 Å². The normalized spacial score (nSPS) is 11.5. The zero-order chi connectivity index (χ0) is 33.2. The Morgan fingerprint density at radius 3 is 2.37 bits per heavy atom. The number of rotatable bonds is 14. The maximum Gasteiger partial charge on any atom is 0.254 e. The van der Waals surface area contributed by atoms with Gasteiger partial charge in [0.2, 0.25) is 0 Å². The first-order valence-electron chi connectivity index (χ1n) is 15.4. The minimum absolute atomic E-state index is 0.00773. The Morgan fingerprint density at radius 2 is 1.67 bits per heavy atom. The van der Waals surface area contributed by atoms with Crippen LogP contribution in [0.5, 0.6) is 11.5 Å². The summed E-state index contributed by atoms with van der Waals surface area (Å²) in [6, 6.07) is 19.3. The summed E-state index contributed by atoms with van der Waals surface area (Å²) < 4.78 is 12.5. The van der Waals surface area contributed by atoms with E-state index >= 15 is 0 Å². The third-order valence-electron chi connectivity index (χ3n) is 8.08. The van der Waals surface area contributed by atoms with Gasteiger partial charge in [0.25, 0.3) is 5.91 Å². The van der Waals surface area contributed by atoms with Gasteiger partial charge < -0.3 is 24.8 Å².